The summed E-state index contributed by atoms with van der Waals surface area (Å²) in [7, 11) is 0. The van der Waals surface area contributed by atoms with Gasteiger partial charge in [0.25, 0.3) is 5.91 Å². The molecule has 0 heterocycles. The SMILES string of the molecule is CC(C)CC(=O)Oc1ccc(C[C@H]([NH3+])C(N)=O)cc1OC(=O)CC(C)C. The Morgan fingerprint density at radius 3 is 1.92 bits per heavy atom. The molecule has 0 saturated heterocycles. The molecule has 26 heavy (non-hydrogen) atoms. The Balaban J connectivity index is 3.04. The van der Waals surface area contributed by atoms with E-state index in [1.807, 2.05) is 27.7 Å². The van der Waals surface area contributed by atoms with Gasteiger partial charge in [-0.15, -0.1) is 0 Å². The third kappa shape index (κ3) is 7.65. The van der Waals surface area contributed by atoms with Crippen LogP contribution in [0.1, 0.15) is 46.1 Å². The molecule has 5 N–H and O–H groups in total. The van der Waals surface area contributed by atoms with Gasteiger partial charge in [0.2, 0.25) is 0 Å². The number of esters is 2. The Bertz CT molecular complexity index is 655. The van der Waals surface area contributed by atoms with Gasteiger partial charge in [-0.05, 0) is 29.5 Å². The molecule has 1 rings (SSSR count). The third-order valence-electron chi connectivity index (χ3n) is 3.49. The zero-order valence-corrected chi connectivity index (χ0v) is 15.9. The number of rotatable bonds is 9. The Morgan fingerprint density at radius 2 is 1.46 bits per heavy atom. The van der Waals surface area contributed by atoms with Gasteiger partial charge in [0.1, 0.15) is 0 Å². The lowest BCUT2D eigenvalue weighted by atomic mass is 10.1. The summed E-state index contributed by atoms with van der Waals surface area (Å²) >= 11 is 0. The van der Waals surface area contributed by atoms with Crippen LogP contribution in [-0.2, 0) is 20.8 Å². The fraction of sp³-hybridized carbons (Fsp3) is 0.526. The molecular formula is C19H29N2O5+. The van der Waals surface area contributed by atoms with Gasteiger partial charge < -0.3 is 20.9 Å². The van der Waals surface area contributed by atoms with Crippen molar-refractivity contribution in [1.29, 1.82) is 0 Å². The van der Waals surface area contributed by atoms with Crippen LogP contribution >= 0.6 is 0 Å². The van der Waals surface area contributed by atoms with Crippen molar-refractivity contribution in [3.8, 4) is 11.5 Å². The Labute approximate surface area is 154 Å². The number of amides is 1. The number of hydrogen-bond acceptors (Lipinski definition) is 5. The van der Waals surface area contributed by atoms with Crippen molar-refractivity contribution in [3.63, 3.8) is 0 Å². The highest BCUT2D eigenvalue weighted by Crippen LogP contribution is 2.30. The fourth-order valence-corrected chi connectivity index (χ4v) is 2.22. The third-order valence-corrected chi connectivity index (χ3v) is 3.49. The normalized spacial score (nSPS) is 12.1. The summed E-state index contributed by atoms with van der Waals surface area (Å²) in [5.41, 5.74) is 9.65. The second kappa shape index (κ2) is 9.91. The molecule has 0 radical (unpaired) electrons. The number of carbonyl (C=O) groups is 3. The first-order valence-electron chi connectivity index (χ1n) is 8.75. The summed E-state index contributed by atoms with van der Waals surface area (Å²) in [4.78, 5) is 35.2. The summed E-state index contributed by atoms with van der Waals surface area (Å²) in [5, 5.41) is 0. The van der Waals surface area contributed by atoms with Crippen LogP contribution in [0.2, 0.25) is 0 Å². The standard InChI is InChI=1S/C19H28N2O5/c1-11(2)7-17(22)25-15-6-5-13(9-14(20)19(21)24)10-16(15)26-18(23)8-12(3)4/h5-6,10-12,14H,7-9,20H2,1-4H3,(H2,21,24)/p+1/t14-/m0/s1. The van der Waals surface area contributed by atoms with E-state index in [2.05, 4.69) is 5.73 Å². The van der Waals surface area contributed by atoms with E-state index in [4.69, 9.17) is 15.2 Å². The van der Waals surface area contributed by atoms with E-state index >= 15 is 0 Å². The van der Waals surface area contributed by atoms with E-state index in [9.17, 15) is 14.4 Å². The number of quaternary nitrogens is 1. The zero-order chi connectivity index (χ0) is 19.9. The molecule has 0 aliphatic rings. The second-order valence-corrected chi connectivity index (χ2v) is 7.23. The van der Waals surface area contributed by atoms with Gasteiger partial charge in [0, 0.05) is 19.3 Å². The van der Waals surface area contributed by atoms with Gasteiger partial charge in [0.05, 0.1) is 0 Å². The maximum absolute atomic E-state index is 12.0. The van der Waals surface area contributed by atoms with Crippen LogP contribution in [0.25, 0.3) is 0 Å². The Morgan fingerprint density at radius 1 is 0.962 bits per heavy atom. The molecule has 1 aromatic rings. The van der Waals surface area contributed by atoms with E-state index in [1.54, 1.807) is 18.2 Å². The van der Waals surface area contributed by atoms with E-state index in [0.29, 0.717) is 12.0 Å². The number of hydrogen-bond donors (Lipinski definition) is 2. The van der Waals surface area contributed by atoms with Gasteiger partial charge in [-0.1, -0.05) is 33.8 Å². The van der Waals surface area contributed by atoms with Gasteiger partial charge >= 0.3 is 11.9 Å². The summed E-state index contributed by atoms with van der Waals surface area (Å²) < 4.78 is 10.7. The number of ether oxygens (including phenoxy) is 2. The van der Waals surface area contributed by atoms with Crippen molar-refractivity contribution in [2.75, 3.05) is 0 Å². The molecule has 0 aromatic heterocycles. The zero-order valence-electron chi connectivity index (χ0n) is 15.9. The molecule has 0 bridgehead atoms. The van der Waals surface area contributed by atoms with E-state index in [0.717, 1.165) is 0 Å². The molecule has 7 heteroatoms. The Kier molecular flexibility index (Phi) is 8.25. The summed E-state index contributed by atoms with van der Waals surface area (Å²) in [6.45, 7) is 7.63. The second-order valence-electron chi connectivity index (χ2n) is 7.23. The van der Waals surface area contributed by atoms with Crippen molar-refractivity contribution in [1.82, 2.24) is 0 Å². The molecule has 7 nitrogen and oxygen atoms in total. The number of benzene rings is 1. The highest BCUT2D eigenvalue weighted by molar-refractivity contribution is 5.79. The smallest absolute Gasteiger partial charge is 0.311 e. The lowest BCUT2D eigenvalue weighted by molar-refractivity contribution is -0.402. The highest BCUT2D eigenvalue weighted by atomic mass is 16.6. The van der Waals surface area contributed by atoms with Crippen molar-refractivity contribution >= 4 is 17.8 Å². The summed E-state index contributed by atoms with van der Waals surface area (Å²) in [6.07, 6.45) is 0.789. The van der Waals surface area contributed by atoms with E-state index < -0.39 is 23.9 Å². The largest absolute Gasteiger partial charge is 0.423 e. The molecule has 0 aliphatic carbocycles. The maximum atomic E-state index is 12.0. The predicted molar refractivity (Wildman–Crippen MR) is 96.2 cm³/mol. The van der Waals surface area contributed by atoms with Crippen molar-refractivity contribution in [3.05, 3.63) is 23.8 Å². The molecule has 0 spiro atoms. The first-order valence-corrected chi connectivity index (χ1v) is 8.75. The van der Waals surface area contributed by atoms with Crippen molar-refractivity contribution < 1.29 is 29.6 Å². The quantitative estimate of drug-likeness (QED) is 0.503. The molecule has 0 unspecified atom stereocenters. The molecule has 1 atom stereocenters. The average molecular weight is 365 g/mol. The molecule has 0 fully saturated rings. The average Bonchev–Trinajstić information content (AvgIpc) is 2.47. The number of carbonyl (C=O) groups excluding carboxylic acids is 3. The first kappa shape index (κ1) is 21.6. The van der Waals surface area contributed by atoms with Crippen molar-refractivity contribution in [2.45, 2.75) is 53.0 Å². The van der Waals surface area contributed by atoms with Crippen LogP contribution in [0.3, 0.4) is 0 Å². The summed E-state index contributed by atoms with van der Waals surface area (Å²) in [5.74, 6) is -0.720. The minimum Gasteiger partial charge on any atom is -0.423 e. The monoisotopic (exact) mass is 365 g/mol. The van der Waals surface area contributed by atoms with E-state index in [-0.39, 0.29) is 36.2 Å². The van der Waals surface area contributed by atoms with Crippen LogP contribution in [0.15, 0.2) is 18.2 Å². The number of nitrogens with two attached hydrogens (primary N) is 1. The molecule has 1 aromatic carbocycles. The predicted octanol–water partition coefficient (Wildman–Crippen LogP) is 1.23. The van der Waals surface area contributed by atoms with Gasteiger partial charge in [-0.25, -0.2) is 0 Å². The van der Waals surface area contributed by atoms with Crippen LogP contribution in [0, 0.1) is 11.8 Å². The Hall–Kier alpha value is -2.41. The lowest BCUT2D eigenvalue weighted by Gasteiger charge is -2.14. The lowest BCUT2D eigenvalue weighted by Crippen LogP contribution is -2.67. The van der Waals surface area contributed by atoms with Crippen LogP contribution in [-0.4, -0.2) is 23.9 Å². The fourth-order valence-electron chi connectivity index (χ4n) is 2.22. The minimum atomic E-state index is -0.608. The van der Waals surface area contributed by atoms with Gasteiger partial charge in [-0.2, -0.15) is 0 Å². The molecular weight excluding hydrogens is 336 g/mol. The molecule has 1 amide bonds. The minimum absolute atomic E-state index is 0.136. The van der Waals surface area contributed by atoms with Crippen LogP contribution < -0.4 is 20.9 Å². The van der Waals surface area contributed by atoms with Crippen molar-refractivity contribution in [2.24, 2.45) is 17.6 Å². The topological polar surface area (TPSA) is 123 Å². The molecule has 0 aliphatic heterocycles. The first-order chi connectivity index (χ1) is 12.1. The molecule has 0 saturated carbocycles. The highest BCUT2D eigenvalue weighted by Gasteiger charge is 2.19. The number of primary amides is 1. The van der Waals surface area contributed by atoms with Gasteiger partial charge in [-0.3, -0.25) is 14.4 Å². The van der Waals surface area contributed by atoms with E-state index in [1.165, 1.54) is 0 Å². The summed E-state index contributed by atoms with van der Waals surface area (Å²) in [6, 6.07) is 4.22. The van der Waals surface area contributed by atoms with Crippen LogP contribution in [0.4, 0.5) is 0 Å². The maximum Gasteiger partial charge on any atom is 0.311 e. The molecule has 144 valence electrons. The van der Waals surface area contributed by atoms with Gasteiger partial charge in [0.15, 0.2) is 17.5 Å². The van der Waals surface area contributed by atoms with Crippen LogP contribution in [0.5, 0.6) is 11.5 Å².